The average Bonchev–Trinajstić information content (AvgIpc) is 2.58. The van der Waals surface area contributed by atoms with Crippen LogP contribution in [0.2, 0.25) is 0 Å². The van der Waals surface area contributed by atoms with Gasteiger partial charge in [0, 0.05) is 21.0 Å². The van der Waals surface area contributed by atoms with E-state index in [-0.39, 0.29) is 5.91 Å². The van der Waals surface area contributed by atoms with Gasteiger partial charge in [-0.05, 0) is 48.5 Å². The molecule has 0 atom stereocenters. The molecule has 22 heavy (non-hydrogen) atoms. The Hall–Kier alpha value is -2.52. The second-order valence-corrected chi connectivity index (χ2v) is 5.91. The fraction of sp³-hybridized carbons (Fsp3) is 0. The fourth-order valence-corrected chi connectivity index (χ4v) is 2.86. The van der Waals surface area contributed by atoms with E-state index in [9.17, 15) is 4.79 Å². The highest BCUT2D eigenvalue weighted by molar-refractivity contribution is 7.99. The predicted molar refractivity (Wildman–Crippen MR) is 91.4 cm³/mol. The zero-order valence-electron chi connectivity index (χ0n) is 11.9. The standard InChI is InChI=1S/C19H15NOS/c21-19(15-7-3-1-4-8-15)20-16-11-13-18(14-12-16)22-17-9-5-2-6-10-17/h1-14H,(H,20,21). The molecule has 0 saturated carbocycles. The zero-order valence-corrected chi connectivity index (χ0v) is 12.7. The summed E-state index contributed by atoms with van der Waals surface area (Å²) in [6, 6.07) is 27.3. The lowest BCUT2D eigenvalue weighted by Crippen LogP contribution is -2.11. The summed E-state index contributed by atoms with van der Waals surface area (Å²) >= 11 is 1.70. The van der Waals surface area contributed by atoms with Gasteiger partial charge in [-0.15, -0.1) is 0 Å². The molecule has 0 bridgehead atoms. The summed E-state index contributed by atoms with van der Waals surface area (Å²) in [5, 5.41) is 2.90. The highest BCUT2D eigenvalue weighted by Gasteiger charge is 2.05. The molecule has 108 valence electrons. The van der Waals surface area contributed by atoms with E-state index in [0.29, 0.717) is 5.56 Å². The van der Waals surface area contributed by atoms with Crippen LogP contribution in [0.25, 0.3) is 0 Å². The van der Waals surface area contributed by atoms with Gasteiger partial charge in [0.2, 0.25) is 0 Å². The Morgan fingerprint density at radius 2 is 1.23 bits per heavy atom. The number of anilines is 1. The number of hydrogen-bond acceptors (Lipinski definition) is 2. The van der Waals surface area contributed by atoms with Crippen LogP contribution in [-0.4, -0.2) is 5.91 Å². The molecule has 0 aliphatic heterocycles. The Kier molecular flexibility index (Phi) is 4.56. The van der Waals surface area contributed by atoms with E-state index in [1.807, 2.05) is 60.7 Å². The maximum absolute atomic E-state index is 12.1. The minimum Gasteiger partial charge on any atom is -0.322 e. The maximum Gasteiger partial charge on any atom is 0.255 e. The molecule has 3 rings (SSSR count). The fourth-order valence-electron chi connectivity index (χ4n) is 2.02. The van der Waals surface area contributed by atoms with Crippen molar-refractivity contribution >= 4 is 23.4 Å². The summed E-state index contributed by atoms with van der Waals surface area (Å²) in [5.74, 6) is -0.0935. The van der Waals surface area contributed by atoms with E-state index < -0.39 is 0 Å². The van der Waals surface area contributed by atoms with E-state index in [1.165, 1.54) is 4.90 Å². The topological polar surface area (TPSA) is 29.1 Å². The lowest BCUT2D eigenvalue weighted by Gasteiger charge is -2.06. The lowest BCUT2D eigenvalue weighted by atomic mass is 10.2. The maximum atomic E-state index is 12.1. The molecule has 0 aromatic heterocycles. The molecule has 0 aliphatic carbocycles. The number of hydrogen-bond donors (Lipinski definition) is 1. The predicted octanol–water partition coefficient (Wildman–Crippen LogP) is 5.09. The monoisotopic (exact) mass is 305 g/mol. The first-order chi connectivity index (χ1) is 10.8. The molecule has 3 aromatic carbocycles. The summed E-state index contributed by atoms with van der Waals surface area (Å²) in [7, 11) is 0. The molecule has 0 aliphatic rings. The molecule has 0 spiro atoms. The third-order valence-corrected chi connectivity index (χ3v) is 4.14. The van der Waals surface area contributed by atoms with Crippen LogP contribution in [0.3, 0.4) is 0 Å². The summed E-state index contributed by atoms with van der Waals surface area (Å²) in [6.07, 6.45) is 0. The van der Waals surface area contributed by atoms with Crippen LogP contribution < -0.4 is 5.32 Å². The minimum absolute atomic E-state index is 0.0935. The second kappa shape index (κ2) is 6.96. The van der Waals surface area contributed by atoms with Crippen LogP contribution >= 0.6 is 11.8 Å². The molecular formula is C19H15NOS. The minimum atomic E-state index is -0.0935. The van der Waals surface area contributed by atoms with Gasteiger partial charge in [-0.1, -0.05) is 48.2 Å². The van der Waals surface area contributed by atoms with Gasteiger partial charge in [0.15, 0.2) is 0 Å². The molecule has 0 radical (unpaired) electrons. The molecule has 3 aromatic rings. The quantitative estimate of drug-likeness (QED) is 0.727. The van der Waals surface area contributed by atoms with Gasteiger partial charge in [0.05, 0.1) is 0 Å². The Labute approximate surface area is 134 Å². The normalized spacial score (nSPS) is 10.2. The van der Waals surface area contributed by atoms with Crippen molar-refractivity contribution in [3.05, 3.63) is 90.5 Å². The summed E-state index contributed by atoms with van der Waals surface area (Å²) in [4.78, 5) is 14.4. The van der Waals surface area contributed by atoms with E-state index >= 15 is 0 Å². The highest BCUT2D eigenvalue weighted by atomic mass is 32.2. The number of benzene rings is 3. The molecule has 0 heterocycles. The van der Waals surface area contributed by atoms with Crippen molar-refractivity contribution in [3.8, 4) is 0 Å². The first kappa shape index (κ1) is 14.4. The SMILES string of the molecule is O=C(Nc1ccc(Sc2ccccc2)cc1)c1ccccc1. The van der Waals surface area contributed by atoms with Crippen LogP contribution in [0.4, 0.5) is 5.69 Å². The van der Waals surface area contributed by atoms with E-state index in [1.54, 1.807) is 23.9 Å². The molecule has 0 unspecified atom stereocenters. The van der Waals surface area contributed by atoms with E-state index in [0.717, 1.165) is 10.6 Å². The third-order valence-electron chi connectivity index (χ3n) is 3.13. The van der Waals surface area contributed by atoms with Gasteiger partial charge in [-0.25, -0.2) is 0 Å². The largest absolute Gasteiger partial charge is 0.322 e. The molecule has 1 amide bonds. The zero-order chi connectivity index (χ0) is 15.2. The van der Waals surface area contributed by atoms with Gasteiger partial charge in [-0.2, -0.15) is 0 Å². The van der Waals surface area contributed by atoms with Crippen molar-refractivity contribution in [1.29, 1.82) is 0 Å². The van der Waals surface area contributed by atoms with Crippen molar-refractivity contribution in [2.75, 3.05) is 5.32 Å². The van der Waals surface area contributed by atoms with E-state index in [4.69, 9.17) is 0 Å². The van der Waals surface area contributed by atoms with Gasteiger partial charge >= 0.3 is 0 Å². The van der Waals surface area contributed by atoms with Crippen LogP contribution in [-0.2, 0) is 0 Å². The van der Waals surface area contributed by atoms with Gasteiger partial charge in [0.1, 0.15) is 0 Å². The average molecular weight is 305 g/mol. The van der Waals surface area contributed by atoms with Crippen molar-refractivity contribution in [1.82, 2.24) is 0 Å². The Bertz CT molecular complexity index is 739. The van der Waals surface area contributed by atoms with Crippen molar-refractivity contribution in [3.63, 3.8) is 0 Å². The first-order valence-electron chi connectivity index (χ1n) is 7.01. The van der Waals surface area contributed by atoms with Crippen LogP contribution in [0.15, 0.2) is 94.7 Å². The summed E-state index contributed by atoms with van der Waals surface area (Å²) in [5.41, 5.74) is 1.46. The molecule has 3 heteroatoms. The number of nitrogens with one attached hydrogen (secondary N) is 1. The third kappa shape index (κ3) is 3.77. The smallest absolute Gasteiger partial charge is 0.255 e. The van der Waals surface area contributed by atoms with Gasteiger partial charge in [-0.3, -0.25) is 4.79 Å². The van der Waals surface area contributed by atoms with E-state index in [2.05, 4.69) is 17.4 Å². The molecule has 0 fully saturated rings. The number of carbonyl (C=O) groups excluding carboxylic acids is 1. The molecule has 0 saturated heterocycles. The summed E-state index contributed by atoms with van der Waals surface area (Å²) < 4.78 is 0. The van der Waals surface area contributed by atoms with Crippen LogP contribution in [0, 0.1) is 0 Å². The van der Waals surface area contributed by atoms with Crippen LogP contribution in [0.1, 0.15) is 10.4 Å². The van der Waals surface area contributed by atoms with Crippen molar-refractivity contribution in [2.24, 2.45) is 0 Å². The Morgan fingerprint density at radius 1 is 0.682 bits per heavy atom. The second-order valence-electron chi connectivity index (χ2n) is 4.76. The van der Waals surface area contributed by atoms with Crippen molar-refractivity contribution < 1.29 is 4.79 Å². The van der Waals surface area contributed by atoms with Gasteiger partial charge in [0.25, 0.3) is 5.91 Å². The lowest BCUT2D eigenvalue weighted by molar-refractivity contribution is 0.102. The Morgan fingerprint density at radius 3 is 1.86 bits per heavy atom. The van der Waals surface area contributed by atoms with Gasteiger partial charge < -0.3 is 5.32 Å². The highest BCUT2D eigenvalue weighted by Crippen LogP contribution is 2.28. The first-order valence-corrected chi connectivity index (χ1v) is 7.82. The number of carbonyl (C=O) groups is 1. The number of amides is 1. The molecule has 1 N–H and O–H groups in total. The molecular weight excluding hydrogens is 290 g/mol. The molecule has 2 nitrogen and oxygen atoms in total. The van der Waals surface area contributed by atoms with Crippen molar-refractivity contribution in [2.45, 2.75) is 9.79 Å². The number of rotatable bonds is 4. The Balaban J connectivity index is 1.66. The van der Waals surface area contributed by atoms with Crippen LogP contribution in [0.5, 0.6) is 0 Å². The summed E-state index contributed by atoms with van der Waals surface area (Å²) in [6.45, 7) is 0.